The van der Waals surface area contributed by atoms with Gasteiger partial charge in [-0.3, -0.25) is 19.1 Å². The highest BCUT2D eigenvalue weighted by Crippen LogP contribution is 2.22. The number of anilines is 1. The van der Waals surface area contributed by atoms with Crippen LogP contribution in [0.5, 0.6) is 0 Å². The molecule has 5 aromatic heterocycles. The molecule has 3 N–H and O–H groups in total. The Hall–Kier alpha value is -5.09. The van der Waals surface area contributed by atoms with Gasteiger partial charge in [-0.2, -0.15) is 0 Å². The van der Waals surface area contributed by atoms with Gasteiger partial charge in [0.1, 0.15) is 25.0 Å². The van der Waals surface area contributed by atoms with Gasteiger partial charge in [0, 0.05) is 72.5 Å². The fourth-order valence-corrected chi connectivity index (χ4v) is 8.48. The van der Waals surface area contributed by atoms with Crippen LogP contribution in [0.3, 0.4) is 0 Å². The Morgan fingerprint density at radius 2 is 1.42 bits per heavy atom. The molecule has 0 spiro atoms. The molecule has 0 aliphatic carbocycles. The number of ether oxygens (including phenoxy) is 3. The second-order valence-corrected chi connectivity index (χ2v) is 31.0. The molecule has 0 atom stereocenters. The smallest absolute Gasteiger partial charge is 0.358 e. The van der Waals surface area contributed by atoms with Crippen molar-refractivity contribution in [3.63, 3.8) is 0 Å². The average Bonchev–Trinajstić information content (AvgIpc) is 3.95. The molecular weight excluding hydrogens is 1040 g/mol. The summed E-state index contributed by atoms with van der Waals surface area (Å²) in [5.74, 6) is -0.259. The SMILES string of the molecule is CC(=O)c1cn(COCC[Si](C)(C)C)c(Br)n1.COC(=O)c1cn(COCC[Si](C)(C)C)c(Br)n1.[C-]#[N+]c1nc(C(=O)NCc2c(C)cc(N)nc2C)cn1Cc1ccc2ncc(Cl)cc2c1. The number of hydrogen-bond donors (Lipinski definition) is 2. The molecule has 6 aromatic rings. The lowest BCUT2D eigenvalue weighted by atomic mass is 10.1. The molecule has 6 rings (SSSR count). The number of methoxy groups -OCH3 is 1. The van der Waals surface area contributed by atoms with Crippen molar-refractivity contribution in [1.29, 1.82) is 0 Å². The number of nitrogens with one attached hydrogen (secondary N) is 1. The maximum atomic E-state index is 12.7. The minimum atomic E-state index is -1.06. The number of rotatable bonds is 17. The monoisotopic (exact) mass is 1100 g/mol. The van der Waals surface area contributed by atoms with Crippen LogP contribution in [-0.4, -0.2) is 92.8 Å². The van der Waals surface area contributed by atoms with Crippen LogP contribution in [-0.2, 0) is 40.8 Å². The second-order valence-electron chi connectivity index (χ2n) is 17.9. The number of Topliss-reactive ketones (excluding diaryl/α,β-unsaturated/α-hetero) is 1. The molecular formula is C45H58Br2ClN11O6Si2. The van der Waals surface area contributed by atoms with Crippen molar-refractivity contribution in [3.8, 4) is 0 Å². The number of benzene rings is 1. The number of aromatic nitrogens is 8. The van der Waals surface area contributed by atoms with E-state index in [0.717, 1.165) is 58.6 Å². The molecule has 0 bridgehead atoms. The number of carbonyl (C=O) groups excluding carboxylic acids is 3. The number of fused-ring (bicyclic) bond motifs is 1. The first kappa shape index (κ1) is 54.5. The summed E-state index contributed by atoms with van der Waals surface area (Å²) in [6.07, 6.45) is 6.51. The molecule has 0 aliphatic heterocycles. The number of ketones is 1. The number of halogens is 3. The Bertz CT molecular complexity index is 2700. The summed E-state index contributed by atoms with van der Waals surface area (Å²) in [6.45, 7) is 29.6. The fraction of sp³-hybridized carbons (Fsp3) is 0.400. The molecule has 5 heterocycles. The van der Waals surface area contributed by atoms with Gasteiger partial charge in [-0.25, -0.2) is 19.7 Å². The Labute approximate surface area is 415 Å². The molecule has 0 unspecified atom stereocenters. The largest absolute Gasteiger partial charge is 0.464 e. The fourth-order valence-electron chi connectivity index (χ4n) is 6.01. The van der Waals surface area contributed by atoms with Crippen LogP contribution >= 0.6 is 43.5 Å². The summed E-state index contributed by atoms with van der Waals surface area (Å²) in [7, 11) is -0.768. The van der Waals surface area contributed by atoms with Crippen molar-refractivity contribution in [1.82, 2.24) is 43.9 Å². The Morgan fingerprint density at radius 1 is 0.836 bits per heavy atom. The van der Waals surface area contributed by atoms with Gasteiger partial charge in [-0.1, -0.05) is 56.9 Å². The van der Waals surface area contributed by atoms with Gasteiger partial charge in [-0.05, 0) is 98.8 Å². The summed E-state index contributed by atoms with van der Waals surface area (Å²) in [6, 6.07) is 11.6. The standard InChI is InChI=1S/C23H20ClN7O.C11H19BrN2O3Si.C11H19BrN2O2Si/c1-13-6-21(25)29-14(2)18(13)10-28-22(32)20-12-31(23(26-3)30-20)11-15-4-5-19-16(7-15)8-17(24)9-27-19;1-16-10(15)9-7-14(11(12)13-9)8-17-5-6-18(2,3)4;1-9(15)10-7-14(11(12)13-10)8-16-5-6-17(2,3)4/h4-9,12H,10-11H2,1-2H3,(H2,25,29)(H,28,32);7H,5-6,8H2,1-4H3;7H,5-6,8H2,1-4H3. The minimum Gasteiger partial charge on any atom is -0.464 e. The van der Waals surface area contributed by atoms with Crippen molar-refractivity contribution in [2.75, 3.05) is 26.1 Å². The molecule has 1 amide bonds. The molecule has 0 fully saturated rings. The summed E-state index contributed by atoms with van der Waals surface area (Å²) < 4.78 is 22.1. The van der Waals surface area contributed by atoms with E-state index in [0.29, 0.717) is 52.6 Å². The van der Waals surface area contributed by atoms with Crippen LogP contribution in [0, 0.1) is 20.4 Å². The molecule has 0 radical (unpaired) electrons. The van der Waals surface area contributed by atoms with E-state index in [2.05, 4.69) is 111 Å². The Morgan fingerprint density at radius 3 is 1.96 bits per heavy atom. The van der Waals surface area contributed by atoms with Crippen LogP contribution in [0.25, 0.3) is 15.7 Å². The lowest BCUT2D eigenvalue weighted by Crippen LogP contribution is -2.24. The number of nitrogens with two attached hydrogens (primary N) is 1. The average molecular weight is 1100 g/mol. The van der Waals surface area contributed by atoms with Crippen molar-refractivity contribution in [3.05, 3.63) is 120 Å². The first-order chi connectivity index (χ1) is 31.5. The van der Waals surface area contributed by atoms with E-state index < -0.39 is 22.1 Å². The number of nitrogen functional groups attached to an aromatic ring is 1. The third-order valence-electron chi connectivity index (χ3n) is 9.82. The summed E-state index contributed by atoms with van der Waals surface area (Å²) in [5, 5.41) is 4.31. The van der Waals surface area contributed by atoms with Crippen LogP contribution in [0.1, 0.15) is 60.8 Å². The molecule has 1 aromatic carbocycles. The Kier molecular flexibility index (Phi) is 20.2. The predicted molar refractivity (Wildman–Crippen MR) is 273 cm³/mol. The number of carbonyl (C=O) groups is 3. The predicted octanol–water partition coefficient (Wildman–Crippen LogP) is 10.1. The summed E-state index contributed by atoms with van der Waals surface area (Å²) >= 11 is 12.6. The number of esters is 1. The van der Waals surface area contributed by atoms with E-state index in [1.165, 1.54) is 14.0 Å². The van der Waals surface area contributed by atoms with Gasteiger partial charge in [0.15, 0.2) is 20.9 Å². The van der Waals surface area contributed by atoms with Gasteiger partial charge < -0.3 is 39.2 Å². The molecule has 17 nitrogen and oxygen atoms in total. The number of aryl methyl sites for hydroxylation is 2. The van der Waals surface area contributed by atoms with Gasteiger partial charge in [0.2, 0.25) is 5.69 Å². The highest BCUT2D eigenvalue weighted by Gasteiger charge is 2.20. The first-order valence-corrected chi connectivity index (χ1v) is 30.5. The van der Waals surface area contributed by atoms with E-state index in [1.54, 1.807) is 44.6 Å². The number of amides is 1. The third kappa shape index (κ3) is 17.5. The number of imidazole rings is 3. The van der Waals surface area contributed by atoms with Gasteiger partial charge in [0.25, 0.3) is 5.91 Å². The summed E-state index contributed by atoms with van der Waals surface area (Å²) in [4.78, 5) is 59.5. The number of nitrogens with zero attached hydrogens (tertiary/aromatic N) is 9. The molecule has 0 saturated heterocycles. The zero-order valence-corrected chi connectivity index (χ0v) is 45.5. The van der Waals surface area contributed by atoms with E-state index in [1.807, 2.05) is 38.1 Å². The van der Waals surface area contributed by atoms with E-state index >= 15 is 0 Å². The van der Waals surface area contributed by atoms with Crippen molar-refractivity contribution in [2.45, 2.75) is 98.7 Å². The van der Waals surface area contributed by atoms with E-state index in [9.17, 15) is 14.4 Å². The van der Waals surface area contributed by atoms with Crippen molar-refractivity contribution >= 4 is 99.9 Å². The van der Waals surface area contributed by atoms with Gasteiger partial charge in [-0.15, -0.1) is 11.6 Å². The lowest BCUT2D eigenvalue weighted by molar-refractivity contribution is 0.0593. The molecule has 0 saturated carbocycles. The minimum absolute atomic E-state index is 0.0356. The number of hydrogen-bond acceptors (Lipinski definition) is 12. The maximum absolute atomic E-state index is 12.7. The van der Waals surface area contributed by atoms with Crippen molar-refractivity contribution < 1.29 is 28.6 Å². The van der Waals surface area contributed by atoms with Crippen LogP contribution < -0.4 is 11.1 Å². The van der Waals surface area contributed by atoms with E-state index in [-0.39, 0.29) is 29.0 Å². The van der Waals surface area contributed by atoms with Gasteiger partial charge >= 0.3 is 11.9 Å². The molecule has 22 heteroatoms. The third-order valence-corrected chi connectivity index (χ3v) is 14.7. The molecule has 358 valence electrons. The first-order valence-electron chi connectivity index (χ1n) is 21.2. The number of pyridine rings is 2. The zero-order valence-electron chi connectivity index (χ0n) is 39.5. The molecule has 0 aliphatic rings. The van der Waals surface area contributed by atoms with Crippen molar-refractivity contribution in [2.24, 2.45) is 0 Å². The lowest BCUT2D eigenvalue weighted by Gasteiger charge is -2.15. The quantitative estimate of drug-likeness (QED) is 0.0288. The zero-order chi connectivity index (χ0) is 49.6. The highest BCUT2D eigenvalue weighted by molar-refractivity contribution is 9.10. The molecule has 67 heavy (non-hydrogen) atoms. The second kappa shape index (κ2) is 24.8. The highest BCUT2D eigenvalue weighted by atomic mass is 79.9. The van der Waals surface area contributed by atoms with Crippen LogP contribution in [0.4, 0.5) is 11.8 Å². The van der Waals surface area contributed by atoms with Gasteiger partial charge in [0.05, 0.1) is 30.4 Å². The normalized spacial score (nSPS) is 11.3. The topological polar surface area (TPSA) is 201 Å². The van der Waals surface area contributed by atoms with Crippen LogP contribution in [0.15, 0.2) is 64.6 Å². The van der Waals surface area contributed by atoms with Crippen LogP contribution in [0.2, 0.25) is 56.4 Å². The Balaban J connectivity index is 0.000000239. The van der Waals surface area contributed by atoms with E-state index in [4.69, 9.17) is 33.4 Å². The summed E-state index contributed by atoms with van der Waals surface area (Å²) in [5.41, 5.74) is 11.1. The maximum Gasteiger partial charge on any atom is 0.358 e.